The monoisotopic (exact) mass is 322 g/mol. The zero-order valence-electron chi connectivity index (χ0n) is 11.8. The summed E-state index contributed by atoms with van der Waals surface area (Å²) in [5, 5.41) is 2.83. The number of nitrogens with zero attached hydrogens (tertiary/aromatic N) is 1. The molecule has 0 aliphatic heterocycles. The Hall–Kier alpha value is -1.30. The van der Waals surface area contributed by atoms with Gasteiger partial charge in [0.15, 0.2) is 0 Å². The number of halogens is 4. The topological polar surface area (TPSA) is 42.0 Å². The average molecular weight is 323 g/mol. The van der Waals surface area contributed by atoms with E-state index in [-0.39, 0.29) is 30.4 Å². The number of alkyl halides is 3. The summed E-state index contributed by atoms with van der Waals surface area (Å²) in [7, 11) is 0. The summed E-state index contributed by atoms with van der Waals surface area (Å²) in [6, 6.07) is 3.10. The number of hydrogen-bond acceptors (Lipinski definition) is 2. The summed E-state index contributed by atoms with van der Waals surface area (Å²) in [6.07, 6.45) is -3.09. The largest absolute Gasteiger partial charge is 0.389 e. The quantitative estimate of drug-likeness (QED) is 0.605. The van der Waals surface area contributed by atoms with Crippen LogP contribution in [0.15, 0.2) is 12.1 Å². The highest BCUT2D eigenvalue weighted by atomic mass is 35.5. The van der Waals surface area contributed by atoms with E-state index in [2.05, 4.69) is 10.3 Å². The van der Waals surface area contributed by atoms with Crippen LogP contribution in [0.3, 0.4) is 0 Å². The van der Waals surface area contributed by atoms with Crippen LogP contribution in [0, 0.1) is 0 Å². The number of unbranched alkanes of at least 4 members (excludes halogenated alkanes) is 1. The molecule has 1 aromatic heterocycles. The molecule has 0 radical (unpaired) electrons. The summed E-state index contributed by atoms with van der Waals surface area (Å²) in [6.45, 7) is 2.20. The maximum absolute atomic E-state index is 12.0. The van der Waals surface area contributed by atoms with E-state index in [1.165, 1.54) is 6.07 Å². The third kappa shape index (κ3) is 7.32. The first-order valence-electron chi connectivity index (χ1n) is 6.83. The summed E-state index contributed by atoms with van der Waals surface area (Å²) >= 11 is 5.85. The van der Waals surface area contributed by atoms with Crippen LogP contribution in [0.1, 0.15) is 48.7 Å². The molecule has 1 heterocycles. The predicted octanol–water partition coefficient (Wildman–Crippen LogP) is 4.15. The smallest absolute Gasteiger partial charge is 0.352 e. The van der Waals surface area contributed by atoms with Crippen molar-refractivity contribution < 1.29 is 18.0 Å². The molecule has 118 valence electrons. The van der Waals surface area contributed by atoms with Gasteiger partial charge in [0.25, 0.3) is 5.91 Å². The number of hydrogen-bond donors (Lipinski definition) is 1. The van der Waals surface area contributed by atoms with E-state index in [9.17, 15) is 18.0 Å². The Morgan fingerprint density at radius 3 is 2.67 bits per heavy atom. The van der Waals surface area contributed by atoms with Gasteiger partial charge in [-0.25, -0.2) is 4.98 Å². The van der Waals surface area contributed by atoms with Crippen molar-refractivity contribution in [2.45, 2.75) is 45.2 Å². The van der Waals surface area contributed by atoms with Gasteiger partial charge in [-0.3, -0.25) is 4.79 Å². The first kappa shape index (κ1) is 17.8. The normalized spacial score (nSPS) is 11.5. The van der Waals surface area contributed by atoms with E-state index < -0.39 is 12.6 Å². The standard InChI is InChI=1S/C14H18ClF3N2O/c1-2-5-11-8-10(9-12(15)20-11)13(21)19-7-4-3-6-14(16,17)18/h8-9H,2-7H2,1H3,(H,19,21). The third-order valence-electron chi connectivity index (χ3n) is 2.79. The molecule has 0 aliphatic rings. The molecule has 7 heteroatoms. The molecular formula is C14H18ClF3N2O. The number of carbonyl (C=O) groups is 1. The molecule has 0 unspecified atom stereocenters. The van der Waals surface area contributed by atoms with Crippen molar-refractivity contribution in [1.82, 2.24) is 10.3 Å². The number of carbonyl (C=O) groups excluding carboxylic acids is 1. The number of rotatable bonds is 7. The number of aryl methyl sites for hydroxylation is 1. The highest BCUT2D eigenvalue weighted by molar-refractivity contribution is 6.29. The molecule has 0 spiro atoms. The average Bonchev–Trinajstić information content (AvgIpc) is 2.36. The van der Waals surface area contributed by atoms with E-state index >= 15 is 0 Å². The number of amides is 1. The highest BCUT2D eigenvalue weighted by Gasteiger charge is 2.25. The summed E-state index contributed by atoms with van der Waals surface area (Å²) < 4.78 is 35.9. The van der Waals surface area contributed by atoms with Gasteiger partial charge in [0.2, 0.25) is 0 Å². The maximum Gasteiger partial charge on any atom is 0.389 e. The molecule has 0 aromatic carbocycles. The molecule has 0 aliphatic carbocycles. The van der Waals surface area contributed by atoms with Crippen molar-refractivity contribution in [3.63, 3.8) is 0 Å². The second kappa shape index (κ2) is 8.22. The summed E-state index contributed by atoms with van der Waals surface area (Å²) in [4.78, 5) is 16.0. The van der Waals surface area contributed by atoms with Crippen LogP contribution >= 0.6 is 11.6 Å². The minimum absolute atomic E-state index is 0.00195. The van der Waals surface area contributed by atoms with Crippen molar-refractivity contribution in [1.29, 1.82) is 0 Å². The Kier molecular flexibility index (Phi) is 6.95. The first-order valence-corrected chi connectivity index (χ1v) is 7.21. The summed E-state index contributed by atoms with van der Waals surface area (Å²) in [5.41, 5.74) is 1.11. The van der Waals surface area contributed by atoms with Crippen molar-refractivity contribution in [2.75, 3.05) is 6.54 Å². The molecule has 1 N–H and O–H groups in total. The van der Waals surface area contributed by atoms with Crippen LogP contribution in [-0.4, -0.2) is 23.6 Å². The zero-order valence-corrected chi connectivity index (χ0v) is 12.5. The molecule has 1 aromatic rings. The molecule has 1 rings (SSSR count). The fraction of sp³-hybridized carbons (Fsp3) is 0.571. The molecule has 0 saturated carbocycles. The van der Waals surface area contributed by atoms with Gasteiger partial charge in [-0.05, 0) is 31.4 Å². The molecule has 21 heavy (non-hydrogen) atoms. The number of nitrogens with one attached hydrogen (secondary N) is 1. The fourth-order valence-electron chi connectivity index (χ4n) is 1.82. The molecule has 0 fully saturated rings. The zero-order chi connectivity index (χ0) is 15.9. The van der Waals surface area contributed by atoms with Crippen molar-refractivity contribution in [3.8, 4) is 0 Å². The third-order valence-corrected chi connectivity index (χ3v) is 2.98. The van der Waals surface area contributed by atoms with Gasteiger partial charge in [0.05, 0.1) is 0 Å². The van der Waals surface area contributed by atoms with Crippen molar-refractivity contribution >= 4 is 17.5 Å². The molecular weight excluding hydrogens is 305 g/mol. The minimum Gasteiger partial charge on any atom is -0.352 e. The van der Waals surface area contributed by atoms with Crippen LogP contribution in [-0.2, 0) is 6.42 Å². The second-order valence-corrected chi connectivity index (χ2v) is 5.14. The SMILES string of the molecule is CCCc1cc(C(=O)NCCCCC(F)(F)F)cc(Cl)n1. The van der Waals surface area contributed by atoms with Gasteiger partial charge >= 0.3 is 6.18 Å². The Bertz CT molecular complexity index is 478. The molecule has 0 bridgehead atoms. The van der Waals surface area contributed by atoms with E-state index in [1.807, 2.05) is 6.92 Å². The Labute approximate surface area is 126 Å². The van der Waals surface area contributed by atoms with E-state index in [4.69, 9.17) is 11.6 Å². The van der Waals surface area contributed by atoms with Crippen LogP contribution < -0.4 is 5.32 Å². The van der Waals surface area contributed by atoms with Crippen LogP contribution in [0.25, 0.3) is 0 Å². The van der Waals surface area contributed by atoms with E-state index in [0.717, 1.165) is 12.1 Å². The molecule has 0 atom stereocenters. The van der Waals surface area contributed by atoms with Crippen LogP contribution in [0.5, 0.6) is 0 Å². The second-order valence-electron chi connectivity index (χ2n) is 4.75. The Morgan fingerprint density at radius 2 is 2.05 bits per heavy atom. The molecule has 0 saturated heterocycles. The first-order chi connectivity index (χ1) is 9.81. The molecule has 3 nitrogen and oxygen atoms in total. The Morgan fingerprint density at radius 1 is 1.33 bits per heavy atom. The van der Waals surface area contributed by atoms with Gasteiger partial charge in [-0.1, -0.05) is 24.9 Å². The lowest BCUT2D eigenvalue weighted by molar-refractivity contribution is -0.135. The fourth-order valence-corrected chi connectivity index (χ4v) is 2.05. The van der Waals surface area contributed by atoms with E-state index in [0.29, 0.717) is 12.0 Å². The summed E-state index contributed by atoms with van der Waals surface area (Å²) in [5.74, 6) is -0.344. The van der Waals surface area contributed by atoms with Gasteiger partial charge in [0, 0.05) is 24.2 Å². The minimum atomic E-state index is -4.14. The van der Waals surface area contributed by atoms with Crippen molar-refractivity contribution in [2.24, 2.45) is 0 Å². The van der Waals surface area contributed by atoms with Crippen LogP contribution in [0.2, 0.25) is 5.15 Å². The lowest BCUT2D eigenvalue weighted by atomic mass is 10.1. The lowest BCUT2D eigenvalue weighted by Crippen LogP contribution is -2.25. The lowest BCUT2D eigenvalue weighted by Gasteiger charge is -2.08. The van der Waals surface area contributed by atoms with Crippen molar-refractivity contribution in [3.05, 3.63) is 28.5 Å². The van der Waals surface area contributed by atoms with Crippen LogP contribution in [0.4, 0.5) is 13.2 Å². The van der Waals surface area contributed by atoms with Gasteiger partial charge in [-0.2, -0.15) is 13.2 Å². The number of aromatic nitrogens is 1. The number of pyridine rings is 1. The predicted molar refractivity (Wildman–Crippen MR) is 75.5 cm³/mol. The maximum atomic E-state index is 12.0. The van der Waals surface area contributed by atoms with Gasteiger partial charge in [0.1, 0.15) is 5.15 Å². The van der Waals surface area contributed by atoms with Gasteiger partial charge in [-0.15, -0.1) is 0 Å². The van der Waals surface area contributed by atoms with Gasteiger partial charge < -0.3 is 5.32 Å². The molecule has 1 amide bonds. The van der Waals surface area contributed by atoms with E-state index in [1.54, 1.807) is 6.07 Å². The Balaban J connectivity index is 2.45. The highest BCUT2D eigenvalue weighted by Crippen LogP contribution is 2.21.